The highest BCUT2D eigenvalue weighted by Crippen LogP contribution is 2.27. The predicted molar refractivity (Wildman–Crippen MR) is 64.8 cm³/mol. The van der Waals surface area contributed by atoms with E-state index in [1.165, 1.54) is 0 Å². The Kier molecular flexibility index (Phi) is 5.63. The van der Waals surface area contributed by atoms with Crippen molar-refractivity contribution in [3.05, 3.63) is 29.6 Å². The van der Waals surface area contributed by atoms with E-state index in [9.17, 15) is 22.8 Å². The second kappa shape index (κ2) is 6.99. The highest BCUT2D eigenvalue weighted by molar-refractivity contribution is 5.95. The Morgan fingerprint density at radius 1 is 1.45 bits per heavy atom. The SMILES string of the molecule is NCCC[C@H](C=O)NC(=O)c1ccc(C(F)(F)F)nc1. The number of rotatable bonds is 6. The molecule has 1 rings (SSSR count). The average Bonchev–Trinajstić information content (AvgIpc) is 2.42. The quantitative estimate of drug-likeness (QED) is 0.769. The Balaban J connectivity index is 2.70. The molecule has 0 unspecified atom stereocenters. The Hall–Kier alpha value is -1.96. The van der Waals surface area contributed by atoms with Crippen molar-refractivity contribution in [1.82, 2.24) is 10.3 Å². The topological polar surface area (TPSA) is 85.1 Å². The zero-order valence-corrected chi connectivity index (χ0v) is 10.5. The number of nitrogens with two attached hydrogens (primary N) is 1. The molecule has 0 aliphatic carbocycles. The summed E-state index contributed by atoms with van der Waals surface area (Å²) in [5, 5.41) is 2.39. The van der Waals surface area contributed by atoms with E-state index in [0.717, 1.165) is 12.3 Å². The van der Waals surface area contributed by atoms with Gasteiger partial charge in [0.1, 0.15) is 12.0 Å². The van der Waals surface area contributed by atoms with Crippen molar-refractivity contribution in [3.8, 4) is 0 Å². The van der Waals surface area contributed by atoms with Crippen LogP contribution in [0.5, 0.6) is 0 Å². The molecule has 110 valence electrons. The van der Waals surface area contributed by atoms with Crippen molar-refractivity contribution in [1.29, 1.82) is 0 Å². The first-order valence-corrected chi connectivity index (χ1v) is 5.88. The van der Waals surface area contributed by atoms with E-state index in [2.05, 4.69) is 10.3 Å². The highest BCUT2D eigenvalue weighted by Gasteiger charge is 2.32. The molecule has 1 amide bonds. The summed E-state index contributed by atoms with van der Waals surface area (Å²) < 4.78 is 36.9. The first-order valence-electron chi connectivity index (χ1n) is 5.88. The summed E-state index contributed by atoms with van der Waals surface area (Å²) in [6.45, 7) is 0.377. The van der Waals surface area contributed by atoms with E-state index in [4.69, 9.17) is 5.73 Å². The molecule has 8 heteroatoms. The van der Waals surface area contributed by atoms with Crippen molar-refractivity contribution < 1.29 is 22.8 Å². The molecular weight excluding hydrogens is 275 g/mol. The van der Waals surface area contributed by atoms with E-state index >= 15 is 0 Å². The number of aldehydes is 1. The largest absolute Gasteiger partial charge is 0.433 e. The lowest BCUT2D eigenvalue weighted by atomic mass is 10.1. The van der Waals surface area contributed by atoms with E-state index in [1.807, 2.05) is 0 Å². The minimum atomic E-state index is -4.55. The number of nitrogens with one attached hydrogen (secondary N) is 1. The van der Waals surface area contributed by atoms with Crippen molar-refractivity contribution in [2.45, 2.75) is 25.1 Å². The second-order valence-electron chi connectivity index (χ2n) is 4.08. The molecule has 0 saturated carbocycles. The number of hydrogen-bond donors (Lipinski definition) is 2. The van der Waals surface area contributed by atoms with Crippen LogP contribution >= 0.6 is 0 Å². The zero-order chi connectivity index (χ0) is 15.2. The third-order valence-electron chi connectivity index (χ3n) is 2.52. The lowest BCUT2D eigenvalue weighted by Crippen LogP contribution is -2.36. The van der Waals surface area contributed by atoms with Gasteiger partial charge in [-0.15, -0.1) is 0 Å². The van der Waals surface area contributed by atoms with Crippen LogP contribution in [-0.4, -0.2) is 29.8 Å². The van der Waals surface area contributed by atoms with Crippen molar-refractivity contribution in [2.24, 2.45) is 5.73 Å². The third kappa shape index (κ3) is 4.61. The molecule has 0 aromatic carbocycles. The van der Waals surface area contributed by atoms with Crippen LogP contribution < -0.4 is 11.1 Å². The fraction of sp³-hybridized carbons (Fsp3) is 0.417. The van der Waals surface area contributed by atoms with Gasteiger partial charge in [0, 0.05) is 6.20 Å². The molecule has 1 atom stereocenters. The molecule has 1 aromatic heterocycles. The molecule has 5 nitrogen and oxygen atoms in total. The average molecular weight is 289 g/mol. The molecular formula is C12H14F3N3O2. The van der Waals surface area contributed by atoms with Crippen molar-refractivity contribution in [3.63, 3.8) is 0 Å². The van der Waals surface area contributed by atoms with Crippen LogP contribution in [0, 0.1) is 0 Å². The van der Waals surface area contributed by atoms with Gasteiger partial charge < -0.3 is 15.8 Å². The van der Waals surface area contributed by atoms with E-state index < -0.39 is 23.8 Å². The van der Waals surface area contributed by atoms with Crippen LogP contribution in [-0.2, 0) is 11.0 Å². The molecule has 1 aromatic rings. The van der Waals surface area contributed by atoms with Crippen LogP contribution in [0.1, 0.15) is 28.9 Å². The van der Waals surface area contributed by atoms with Gasteiger partial charge in [0.15, 0.2) is 0 Å². The monoisotopic (exact) mass is 289 g/mol. The number of carbonyl (C=O) groups excluding carboxylic acids is 2. The number of aromatic nitrogens is 1. The minimum absolute atomic E-state index is 0.0439. The summed E-state index contributed by atoms with van der Waals surface area (Å²) in [7, 11) is 0. The van der Waals surface area contributed by atoms with Crippen LogP contribution in [0.3, 0.4) is 0 Å². The maximum Gasteiger partial charge on any atom is 0.433 e. The number of nitrogens with zero attached hydrogens (tertiary/aromatic N) is 1. The molecule has 20 heavy (non-hydrogen) atoms. The fourth-order valence-electron chi connectivity index (χ4n) is 1.46. The van der Waals surface area contributed by atoms with Crippen LogP contribution in [0.2, 0.25) is 0 Å². The van der Waals surface area contributed by atoms with Crippen LogP contribution in [0.25, 0.3) is 0 Å². The minimum Gasteiger partial charge on any atom is -0.342 e. The van der Waals surface area contributed by atoms with Crippen molar-refractivity contribution in [2.75, 3.05) is 6.54 Å². The standard InChI is InChI=1S/C12H14F3N3O2/c13-12(14,15)10-4-3-8(6-17-10)11(20)18-9(7-19)2-1-5-16/h3-4,6-7,9H,1-2,5,16H2,(H,18,20)/t9-/m1/s1. The Labute approximate surface area is 113 Å². The summed E-state index contributed by atoms with van der Waals surface area (Å²) in [5.41, 5.74) is 4.16. The van der Waals surface area contributed by atoms with Crippen LogP contribution in [0.4, 0.5) is 13.2 Å². The first kappa shape index (κ1) is 16.1. The number of carbonyl (C=O) groups is 2. The normalized spacial score (nSPS) is 12.8. The Morgan fingerprint density at radius 3 is 2.60 bits per heavy atom. The molecule has 0 aliphatic rings. The smallest absolute Gasteiger partial charge is 0.342 e. The van der Waals surface area contributed by atoms with Gasteiger partial charge >= 0.3 is 6.18 Å². The van der Waals surface area contributed by atoms with E-state index in [-0.39, 0.29) is 5.56 Å². The molecule has 0 saturated heterocycles. The molecule has 0 aliphatic heterocycles. The third-order valence-corrected chi connectivity index (χ3v) is 2.52. The highest BCUT2D eigenvalue weighted by atomic mass is 19.4. The fourth-order valence-corrected chi connectivity index (χ4v) is 1.46. The maximum absolute atomic E-state index is 12.3. The van der Waals surface area contributed by atoms with Gasteiger partial charge in [-0.05, 0) is 31.5 Å². The second-order valence-corrected chi connectivity index (χ2v) is 4.08. The Morgan fingerprint density at radius 2 is 2.15 bits per heavy atom. The number of amides is 1. The maximum atomic E-state index is 12.3. The Bertz CT molecular complexity index is 460. The summed E-state index contributed by atoms with van der Waals surface area (Å²) in [5.74, 6) is -0.652. The van der Waals surface area contributed by atoms with E-state index in [1.54, 1.807) is 0 Å². The number of alkyl halides is 3. The first-order chi connectivity index (χ1) is 9.38. The van der Waals surface area contributed by atoms with Gasteiger partial charge in [-0.3, -0.25) is 9.78 Å². The van der Waals surface area contributed by atoms with E-state index in [0.29, 0.717) is 31.7 Å². The van der Waals surface area contributed by atoms with Crippen LogP contribution in [0.15, 0.2) is 18.3 Å². The predicted octanol–water partition coefficient (Wildman–Crippen LogP) is 1.14. The molecule has 0 radical (unpaired) electrons. The van der Waals surface area contributed by atoms with Gasteiger partial charge in [0.25, 0.3) is 5.91 Å². The van der Waals surface area contributed by atoms with Gasteiger partial charge in [-0.25, -0.2) is 0 Å². The molecule has 0 spiro atoms. The molecule has 0 fully saturated rings. The number of halogens is 3. The van der Waals surface area contributed by atoms with Crippen molar-refractivity contribution >= 4 is 12.2 Å². The van der Waals surface area contributed by atoms with Gasteiger partial charge in [-0.2, -0.15) is 13.2 Å². The zero-order valence-electron chi connectivity index (χ0n) is 10.5. The molecule has 0 bridgehead atoms. The lowest BCUT2D eigenvalue weighted by Gasteiger charge is -2.12. The summed E-state index contributed by atoms with van der Waals surface area (Å²) >= 11 is 0. The lowest BCUT2D eigenvalue weighted by molar-refractivity contribution is -0.141. The number of hydrogen-bond acceptors (Lipinski definition) is 4. The van der Waals surface area contributed by atoms with Gasteiger partial charge in [-0.1, -0.05) is 0 Å². The molecule has 1 heterocycles. The molecule has 3 N–H and O–H groups in total. The summed E-state index contributed by atoms with van der Waals surface area (Å²) in [6, 6.07) is 1.01. The van der Waals surface area contributed by atoms with Gasteiger partial charge in [0.05, 0.1) is 11.6 Å². The number of pyridine rings is 1. The summed E-state index contributed by atoms with van der Waals surface area (Å²) in [6.07, 6.45) is -2.25. The van der Waals surface area contributed by atoms with Gasteiger partial charge in [0.2, 0.25) is 0 Å². The summed E-state index contributed by atoms with van der Waals surface area (Å²) in [4.78, 5) is 25.6.